The van der Waals surface area contributed by atoms with E-state index >= 15 is 0 Å². The van der Waals surface area contributed by atoms with E-state index in [4.69, 9.17) is 12.2 Å². The van der Waals surface area contributed by atoms with E-state index in [1.807, 2.05) is 4.90 Å². The summed E-state index contributed by atoms with van der Waals surface area (Å²) in [7, 11) is 0. The highest BCUT2D eigenvalue weighted by Gasteiger charge is 2.30. The molecule has 0 bridgehead atoms. The van der Waals surface area contributed by atoms with Gasteiger partial charge in [0.05, 0.1) is 11.7 Å². The maximum absolute atomic E-state index is 12.6. The highest BCUT2D eigenvalue weighted by atomic mass is 32.1. The molecule has 0 spiro atoms. The minimum absolute atomic E-state index is 0.316. The average Bonchev–Trinajstić information content (AvgIpc) is 2.38. The number of alkyl halides is 3. The van der Waals surface area contributed by atoms with Crippen molar-refractivity contribution in [3.8, 4) is 0 Å². The van der Waals surface area contributed by atoms with Crippen LogP contribution in [0.5, 0.6) is 0 Å². The second-order valence-corrected chi connectivity index (χ2v) is 5.11. The fourth-order valence-electron chi connectivity index (χ4n) is 2.04. The zero-order valence-electron chi connectivity index (χ0n) is 10.7. The molecule has 110 valence electrons. The Balaban J connectivity index is 2.01. The van der Waals surface area contributed by atoms with Crippen molar-refractivity contribution in [2.24, 2.45) is 0 Å². The minimum Gasteiger partial charge on any atom is -0.393 e. The molecule has 1 saturated heterocycles. The Morgan fingerprint density at radius 1 is 1.30 bits per heavy atom. The Hall–Kier alpha value is -1.34. The molecule has 3 nitrogen and oxygen atoms in total. The molecule has 2 N–H and O–H groups in total. The molecular formula is C13H15F3N2OS. The number of piperidine rings is 1. The minimum atomic E-state index is -4.37. The molecule has 1 aromatic carbocycles. The lowest BCUT2D eigenvalue weighted by Crippen LogP contribution is -2.42. The molecule has 0 radical (unpaired) electrons. The van der Waals surface area contributed by atoms with E-state index < -0.39 is 11.7 Å². The molecule has 1 aliphatic heterocycles. The number of thiocarbonyl (C=S) groups is 1. The van der Waals surface area contributed by atoms with Crippen LogP contribution in [0.4, 0.5) is 18.9 Å². The van der Waals surface area contributed by atoms with Gasteiger partial charge in [-0.15, -0.1) is 0 Å². The van der Waals surface area contributed by atoms with E-state index in [9.17, 15) is 18.3 Å². The van der Waals surface area contributed by atoms with Crippen LogP contribution in [-0.2, 0) is 6.18 Å². The zero-order valence-corrected chi connectivity index (χ0v) is 11.5. The third kappa shape index (κ3) is 3.83. The lowest BCUT2D eigenvalue weighted by Gasteiger charge is -2.31. The Morgan fingerprint density at radius 3 is 2.55 bits per heavy atom. The van der Waals surface area contributed by atoms with Crippen molar-refractivity contribution >= 4 is 23.0 Å². The molecule has 0 unspecified atom stereocenters. The first-order chi connectivity index (χ1) is 9.36. The van der Waals surface area contributed by atoms with Gasteiger partial charge < -0.3 is 15.3 Å². The summed E-state index contributed by atoms with van der Waals surface area (Å²) in [6.07, 6.45) is -3.45. The third-order valence-corrected chi connectivity index (χ3v) is 3.55. The summed E-state index contributed by atoms with van der Waals surface area (Å²) >= 11 is 5.18. The van der Waals surface area contributed by atoms with Crippen LogP contribution in [0, 0.1) is 0 Å². The van der Waals surface area contributed by atoms with Crippen molar-refractivity contribution in [1.82, 2.24) is 4.90 Å². The van der Waals surface area contributed by atoms with Crippen LogP contribution < -0.4 is 5.32 Å². The maximum Gasteiger partial charge on any atom is 0.416 e. The van der Waals surface area contributed by atoms with Gasteiger partial charge in [-0.05, 0) is 43.3 Å². The normalized spacial score (nSPS) is 17.1. The van der Waals surface area contributed by atoms with Crippen LogP contribution >= 0.6 is 12.2 Å². The average molecular weight is 304 g/mol. The number of hydrogen-bond donors (Lipinski definition) is 2. The number of aliphatic hydroxyl groups is 1. The quantitative estimate of drug-likeness (QED) is 0.782. The molecular weight excluding hydrogens is 289 g/mol. The second-order valence-electron chi connectivity index (χ2n) is 4.73. The molecule has 7 heteroatoms. The van der Waals surface area contributed by atoms with Crippen LogP contribution in [0.2, 0.25) is 0 Å². The van der Waals surface area contributed by atoms with E-state index in [-0.39, 0.29) is 6.10 Å². The topological polar surface area (TPSA) is 35.5 Å². The number of anilines is 1. The summed E-state index contributed by atoms with van der Waals surface area (Å²) in [6.45, 7) is 1.21. The molecule has 1 heterocycles. The summed E-state index contributed by atoms with van der Waals surface area (Å²) in [5.41, 5.74) is -0.393. The first-order valence-corrected chi connectivity index (χ1v) is 6.68. The van der Waals surface area contributed by atoms with Gasteiger partial charge in [0.15, 0.2) is 5.11 Å². The predicted molar refractivity (Wildman–Crippen MR) is 74.5 cm³/mol. The molecule has 20 heavy (non-hydrogen) atoms. The van der Waals surface area contributed by atoms with Crippen molar-refractivity contribution in [2.75, 3.05) is 18.4 Å². The monoisotopic (exact) mass is 304 g/mol. The fourth-order valence-corrected chi connectivity index (χ4v) is 2.35. The Bertz CT molecular complexity index is 485. The summed E-state index contributed by atoms with van der Waals surface area (Å²) < 4.78 is 37.8. The van der Waals surface area contributed by atoms with E-state index in [2.05, 4.69) is 5.32 Å². The van der Waals surface area contributed by atoms with E-state index in [1.54, 1.807) is 6.07 Å². The Kier molecular flexibility index (Phi) is 4.49. The summed E-state index contributed by atoms with van der Waals surface area (Å²) in [6, 6.07) is 4.94. The lowest BCUT2D eigenvalue weighted by molar-refractivity contribution is -0.137. The third-order valence-electron chi connectivity index (χ3n) is 3.19. The predicted octanol–water partition coefficient (Wildman–Crippen LogP) is 2.86. The number of aliphatic hydroxyl groups excluding tert-OH is 1. The van der Waals surface area contributed by atoms with Gasteiger partial charge in [0.2, 0.25) is 0 Å². The summed E-state index contributed by atoms with van der Waals surface area (Å²) in [5.74, 6) is 0. The number of nitrogens with one attached hydrogen (secondary N) is 1. The van der Waals surface area contributed by atoms with Gasteiger partial charge in [-0.2, -0.15) is 13.2 Å². The number of rotatable bonds is 1. The smallest absolute Gasteiger partial charge is 0.393 e. The molecule has 0 atom stereocenters. The molecule has 2 rings (SSSR count). The van der Waals surface area contributed by atoms with Crippen molar-refractivity contribution in [2.45, 2.75) is 25.1 Å². The highest BCUT2D eigenvalue weighted by molar-refractivity contribution is 7.80. The van der Waals surface area contributed by atoms with Gasteiger partial charge in [0.25, 0.3) is 0 Å². The molecule has 1 aromatic rings. The lowest BCUT2D eigenvalue weighted by atomic mass is 10.1. The van der Waals surface area contributed by atoms with E-state index in [1.165, 1.54) is 6.07 Å². The van der Waals surface area contributed by atoms with Gasteiger partial charge >= 0.3 is 6.18 Å². The summed E-state index contributed by atoms with van der Waals surface area (Å²) in [5, 5.41) is 12.6. The first kappa shape index (κ1) is 15.1. The molecule has 0 amide bonds. The van der Waals surface area contributed by atoms with Crippen molar-refractivity contribution in [1.29, 1.82) is 0 Å². The standard InChI is InChI=1S/C13H15F3N2OS/c14-13(15,16)9-2-1-3-10(8-9)17-12(20)18-6-4-11(19)5-7-18/h1-3,8,11,19H,4-7H2,(H,17,20). The number of hydrogen-bond acceptors (Lipinski definition) is 2. The second kappa shape index (κ2) is 5.97. The number of nitrogens with zero attached hydrogens (tertiary/aromatic N) is 1. The van der Waals surface area contributed by atoms with Gasteiger partial charge in [-0.25, -0.2) is 0 Å². The van der Waals surface area contributed by atoms with Crippen molar-refractivity contribution < 1.29 is 18.3 Å². The Morgan fingerprint density at radius 2 is 1.95 bits per heavy atom. The van der Waals surface area contributed by atoms with Gasteiger partial charge in [-0.3, -0.25) is 0 Å². The van der Waals surface area contributed by atoms with Gasteiger partial charge in [0.1, 0.15) is 0 Å². The maximum atomic E-state index is 12.6. The fraction of sp³-hybridized carbons (Fsp3) is 0.462. The van der Waals surface area contributed by atoms with Gasteiger partial charge in [0, 0.05) is 18.8 Å². The molecule has 1 aliphatic rings. The first-order valence-electron chi connectivity index (χ1n) is 6.27. The van der Waals surface area contributed by atoms with Crippen molar-refractivity contribution in [3.63, 3.8) is 0 Å². The number of benzene rings is 1. The highest BCUT2D eigenvalue weighted by Crippen LogP contribution is 2.30. The molecule has 1 fully saturated rings. The van der Waals surface area contributed by atoms with E-state index in [0.717, 1.165) is 12.1 Å². The van der Waals surface area contributed by atoms with Crippen molar-refractivity contribution in [3.05, 3.63) is 29.8 Å². The molecule has 0 aromatic heterocycles. The van der Waals surface area contributed by atoms with Crippen LogP contribution in [0.3, 0.4) is 0 Å². The number of likely N-dealkylation sites (tertiary alicyclic amines) is 1. The van der Waals surface area contributed by atoms with E-state index in [0.29, 0.717) is 36.7 Å². The zero-order chi connectivity index (χ0) is 14.8. The van der Waals surface area contributed by atoms with Crippen LogP contribution in [-0.4, -0.2) is 34.3 Å². The largest absolute Gasteiger partial charge is 0.416 e. The van der Waals surface area contributed by atoms with Crippen LogP contribution in [0.1, 0.15) is 18.4 Å². The molecule has 0 saturated carbocycles. The molecule has 0 aliphatic carbocycles. The SMILES string of the molecule is OC1CCN(C(=S)Nc2cccc(C(F)(F)F)c2)CC1. The number of halogens is 3. The van der Waals surface area contributed by atoms with Gasteiger partial charge in [-0.1, -0.05) is 6.07 Å². The summed E-state index contributed by atoms with van der Waals surface area (Å²) in [4.78, 5) is 1.85. The van der Waals surface area contributed by atoms with Crippen LogP contribution in [0.25, 0.3) is 0 Å². The van der Waals surface area contributed by atoms with Crippen LogP contribution in [0.15, 0.2) is 24.3 Å². The Labute approximate surface area is 120 Å².